The molecule has 1 fully saturated rings. The molecule has 0 aliphatic carbocycles. The molecule has 6 aromatic rings. The average Bonchev–Trinajstić information content (AvgIpc) is 3.53. The Labute approximate surface area is 313 Å². The van der Waals surface area contributed by atoms with E-state index in [0.29, 0.717) is 49.3 Å². The first-order chi connectivity index (χ1) is 25.2. The van der Waals surface area contributed by atoms with Crippen LogP contribution in [0.3, 0.4) is 0 Å². The molecule has 1 aliphatic heterocycles. The fraction of sp³-hybridized carbons (Fsp3) is 0.229. The molecule has 0 saturated carbocycles. The SMILES string of the molecule is CC(C)(CN1CCOCC1)S(=O)(=O)c1cn(-c2ccc3ncnc(Nc4c(F)ccc(NS(=O)(=O)c5cccc(Cl)c5Cl)c4F)c3n2)c2ccccc12. The molecule has 0 bridgehead atoms. The molecule has 276 valence electrons. The number of fused-ring (bicyclic) bond motifs is 2. The standard InChI is InChI=1S/C35H31Cl2F2N7O5S2/c1-35(2,19-45-14-16-51-17-15-45)52(47,48)28-18-46(26-8-4-3-6-21(26)28)29-13-12-25-33(42-29)34(41-20-40-25)43-32-23(38)10-11-24(31(32)39)44-53(49,50)27-9-5-7-22(36)30(27)37/h3-13,18,20,44H,14-17,19H2,1-2H3,(H,40,41,43). The number of hydrogen-bond donors (Lipinski definition) is 2. The van der Waals surface area contributed by atoms with Gasteiger partial charge in [0.15, 0.2) is 21.5 Å². The monoisotopic (exact) mass is 801 g/mol. The normalized spacial score (nSPS) is 14.5. The van der Waals surface area contributed by atoms with Crippen molar-refractivity contribution >= 4 is 82.2 Å². The second-order valence-corrected chi connectivity index (χ2v) is 17.8. The molecule has 0 unspecified atom stereocenters. The second-order valence-electron chi connectivity index (χ2n) is 12.9. The summed E-state index contributed by atoms with van der Waals surface area (Å²) in [6.07, 6.45) is 2.69. The lowest BCUT2D eigenvalue weighted by atomic mass is 10.2. The van der Waals surface area contributed by atoms with Gasteiger partial charge in [-0.05, 0) is 56.3 Å². The molecule has 0 spiro atoms. The molecule has 2 N–H and O–H groups in total. The molecule has 0 radical (unpaired) electrons. The molecule has 1 aliphatic rings. The number of halogens is 4. The van der Waals surface area contributed by atoms with Crippen LogP contribution >= 0.6 is 23.2 Å². The first-order valence-electron chi connectivity index (χ1n) is 16.2. The van der Waals surface area contributed by atoms with E-state index in [9.17, 15) is 16.8 Å². The Morgan fingerprint density at radius 3 is 2.43 bits per heavy atom. The van der Waals surface area contributed by atoms with E-state index in [4.69, 9.17) is 32.9 Å². The van der Waals surface area contributed by atoms with Crippen LogP contribution in [0.2, 0.25) is 10.0 Å². The fourth-order valence-electron chi connectivity index (χ4n) is 6.14. The first-order valence-corrected chi connectivity index (χ1v) is 19.9. The van der Waals surface area contributed by atoms with Crippen LogP contribution in [0.5, 0.6) is 0 Å². The van der Waals surface area contributed by atoms with Gasteiger partial charge in [-0.3, -0.25) is 14.2 Å². The summed E-state index contributed by atoms with van der Waals surface area (Å²) in [5, 5.41) is 2.80. The van der Waals surface area contributed by atoms with Gasteiger partial charge in [0.05, 0.1) is 49.6 Å². The zero-order valence-corrected chi connectivity index (χ0v) is 31.3. The quantitative estimate of drug-likeness (QED) is 0.149. The van der Waals surface area contributed by atoms with Gasteiger partial charge < -0.3 is 10.1 Å². The summed E-state index contributed by atoms with van der Waals surface area (Å²) < 4.78 is 94.0. The number of aromatic nitrogens is 4. The minimum atomic E-state index is -4.45. The summed E-state index contributed by atoms with van der Waals surface area (Å²) in [7, 11) is -8.36. The van der Waals surface area contributed by atoms with Gasteiger partial charge in [0, 0.05) is 31.2 Å². The van der Waals surface area contributed by atoms with Gasteiger partial charge in [0.1, 0.15) is 34.1 Å². The highest BCUT2D eigenvalue weighted by molar-refractivity contribution is 7.93. The third-order valence-corrected chi connectivity index (χ3v) is 13.7. The summed E-state index contributed by atoms with van der Waals surface area (Å²) in [5.41, 5.74) is -0.355. The predicted molar refractivity (Wildman–Crippen MR) is 200 cm³/mol. The van der Waals surface area contributed by atoms with Crippen LogP contribution in [0.4, 0.5) is 26.0 Å². The highest BCUT2D eigenvalue weighted by atomic mass is 35.5. The molecule has 4 heterocycles. The summed E-state index contributed by atoms with van der Waals surface area (Å²) in [4.78, 5) is 14.9. The molecular weight excluding hydrogens is 771 g/mol. The smallest absolute Gasteiger partial charge is 0.263 e. The van der Waals surface area contributed by atoms with Crippen molar-refractivity contribution in [2.75, 3.05) is 42.9 Å². The van der Waals surface area contributed by atoms with Crippen molar-refractivity contribution in [2.24, 2.45) is 0 Å². The number of nitrogens with zero attached hydrogens (tertiary/aromatic N) is 5. The van der Waals surface area contributed by atoms with Crippen molar-refractivity contribution in [3.63, 3.8) is 0 Å². The molecule has 1 saturated heterocycles. The van der Waals surface area contributed by atoms with Crippen LogP contribution in [0.15, 0.2) is 89.0 Å². The van der Waals surface area contributed by atoms with Crippen LogP contribution in [0.1, 0.15) is 13.8 Å². The minimum absolute atomic E-state index is 0.0302. The Balaban J connectivity index is 1.26. The van der Waals surface area contributed by atoms with Crippen molar-refractivity contribution in [1.29, 1.82) is 0 Å². The lowest BCUT2D eigenvalue weighted by molar-refractivity contribution is 0.0345. The van der Waals surface area contributed by atoms with Crippen molar-refractivity contribution in [1.82, 2.24) is 24.4 Å². The second kappa shape index (κ2) is 14.1. The molecule has 7 rings (SSSR count). The maximum absolute atomic E-state index is 15.9. The largest absolute Gasteiger partial charge is 0.379 e. The Morgan fingerprint density at radius 1 is 0.906 bits per heavy atom. The number of anilines is 3. The van der Waals surface area contributed by atoms with Crippen molar-refractivity contribution in [3.8, 4) is 5.82 Å². The number of ether oxygens (including phenoxy) is 1. The van der Waals surface area contributed by atoms with Gasteiger partial charge in [-0.1, -0.05) is 47.5 Å². The number of benzene rings is 3. The Hall–Kier alpha value is -4.45. The summed E-state index contributed by atoms with van der Waals surface area (Å²) in [6.45, 7) is 6.05. The van der Waals surface area contributed by atoms with E-state index >= 15 is 8.78 Å². The van der Waals surface area contributed by atoms with Gasteiger partial charge in [-0.25, -0.2) is 40.6 Å². The van der Waals surface area contributed by atoms with Gasteiger partial charge >= 0.3 is 0 Å². The third-order valence-electron chi connectivity index (χ3n) is 8.90. The van der Waals surface area contributed by atoms with Gasteiger partial charge in [-0.2, -0.15) is 0 Å². The maximum Gasteiger partial charge on any atom is 0.263 e. The molecule has 18 heteroatoms. The first kappa shape index (κ1) is 36.9. The van der Waals surface area contributed by atoms with E-state index < -0.39 is 52.5 Å². The topological polar surface area (TPSA) is 148 Å². The number of sulfonamides is 1. The number of pyridine rings is 1. The summed E-state index contributed by atoms with van der Waals surface area (Å²) in [6, 6.07) is 16.0. The number of nitrogens with one attached hydrogen (secondary N) is 2. The summed E-state index contributed by atoms with van der Waals surface area (Å²) in [5.74, 6) is -2.16. The number of morpholine rings is 1. The summed E-state index contributed by atoms with van der Waals surface area (Å²) >= 11 is 12.1. The van der Waals surface area contributed by atoms with Gasteiger partial charge in [-0.15, -0.1) is 0 Å². The van der Waals surface area contributed by atoms with Crippen LogP contribution in [-0.2, 0) is 24.6 Å². The van der Waals surface area contributed by atoms with Crippen LogP contribution in [-0.4, -0.2) is 78.8 Å². The molecular formula is C35H31Cl2F2N7O5S2. The third kappa shape index (κ3) is 6.90. The average molecular weight is 803 g/mol. The Morgan fingerprint density at radius 2 is 1.66 bits per heavy atom. The highest BCUT2D eigenvalue weighted by Crippen LogP contribution is 2.37. The zero-order chi connectivity index (χ0) is 37.7. The number of sulfone groups is 1. The number of para-hydroxylation sites is 1. The van der Waals surface area contributed by atoms with Crippen LogP contribution in [0, 0.1) is 11.6 Å². The minimum Gasteiger partial charge on any atom is -0.379 e. The fourth-order valence-corrected chi connectivity index (χ4v) is 9.62. The van der Waals surface area contributed by atoms with Crippen molar-refractivity contribution in [3.05, 3.63) is 101 Å². The van der Waals surface area contributed by atoms with Crippen LogP contribution in [0.25, 0.3) is 27.8 Å². The number of rotatable bonds is 10. The lowest BCUT2D eigenvalue weighted by Gasteiger charge is -2.34. The van der Waals surface area contributed by atoms with Gasteiger partial charge in [0.25, 0.3) is 10.0 Å². The van der Waals surface area contributed by atoms with E-state index in [-0.39, 0.29) is 32.1 Å². The predicted octanol–water partition coefficient (Wildman–Crippen LogP) is 6.98. The van der Waals surface area contributed by atoms with Crippen molar-refractivity contribution in [2.45, 2.75) is 28.4 Å². The van der Waals surface area contributed by atoms with Crippen molar-refractivity contribution < 1.29 is 30.4 Å². The van der Waals surface area contributed by atoms with E-state index in [1.165, 1.54) is 30.7 Å². The molecule has 0 atom stereocenters. The Kier molecular flexibility index (Phi) is 9.80. The molecule has 12 nitrogen and oxygen atoms in total. The number of hydrogen-bond acceptors (Lipinski definition) is 10. The maximum atomic E-state index is 15.9. The Bertz CT molecular complexity index is 2620. The van der Waals surface area contributed by atoms with Gasteiger partial charge in [0.2, 0.25) is 0 Å². The van der Waals surface area contributed by atoms with E-state index in [2.05, 4.69) is 24.9 Å². The molecule has 3 aromatic carbocycles. The van der Waals surface area contributed by atoms with E-state index in [1.54, 1.807) is 54.8 Å². The van der Waals surface area contributed by atoms with E-state index in [0.717, 1.165) is 12.1 Å². The molecule has 0 amide bonds. The molecule has 3 aromatic heterocycles. The molecule has 53 heavy (non-hydrogen) atoms. The van der Waals surface area contributed by atoms with E-state index in [1.807, 2.05) is 0 Å². The zero-order valence-electron chi connectivity index (χ0n) is 28.1. The highest BCUT2D eigenvalue weighted by Gasteiger charge is 2.39. The van der Waals surface area contributed by atoms with Crippen LogP contribution < -0.4 is 10.0 Å². The lowest BCUT2D eigenvalue weighted by Crippen LogP contribution is -2.48.